The van der Waals surface area contributed by atoms with E-state index in [1.54, 1.807) is 0 Å². The van der Waals surface area contributed by atoms with Crippen molar-refractivity contribution in [1.82, 2.24) is 0 Å². The van der Waals surface area contributed by atoms with Crippen molar-refractivity contribution in [3.05, 3.63) is 0 Å². The predicted octanol–water partition coefficient (Wildman–Crippen LogP) is 4.42. The molecule has 3 nitrogen and oxygen atoms in total. The monoisotopic (exact) mass is 287 g/mol. The van der Waals surface area contributed by atoms with Crippen LogP contribution in [0.5, 0.6) is 0 Å². The van der Waals surface area contributed by atoms with Gasteiger partial charge in [0.2, 0.25) is 0 Å². The fraction of sp³-hybridized carbons (Fsp3) is 0.933. The third-order valence-corrected chi connectivity index (χ3v) is 6.06. The van der Waals surface area contributed by atoms with E-state index in [0.29, 0.717) is 12.0 Å². The molecule has 0 aliphatic carbocycles. The van der Waals surface area contributed by atoms with Crippen LogP contribution in [0, 0.1) is 5.92 Å². The fourth-order valence-corrected chi connectivity index (χ4v) is 4.89. The number of rotatable bonds is 10. The van der Waals surface area contributed by atoms with Gasteiger partial charge in [-0.3, -0.25) is 4.99 Å². The van der Waals surface area contributed by atoms with E-state index in [4.69, 9.17) is 13.8 Å². The highest BCUT2D eigenvalue weighted by Gasteiger charge is 2.30. The van der Waals surface area contributed by atoms with Crippen LogP contribution in [0.1, 0.15) is 54.4 Å². The van der Waals surface area contributed by atoms with E-state index in [2.05, 4.69) is 34.2 Å². The maximum Gasteiger partial charge on any atom is 0.334 e. The van der Waals surface area contributed by atoms with Crippen LogP contribution in [0.4, 0.5) is 0 Å². The van der Waals surface area contributed by atoms with Gasteiger partial charge in [0.05, 0.1) is 0 Å². The number of nitrogens with zero attached hydrogens (tertiary/aromatic N) is 1. The SMILES string of the molecule is CCO[Si](C)(CCC(C)N=C(C)CC(C)C)OCC. The first-order chi connectivity index (χ1) is 8.83. The van der Waals surface area contributed by atoms with E-state index in [-0.39, 0.29) is 0 Å². The third kappa shape index (κ3) is 9.36. The molecule has 0 aromatic carbocycles. The average molecular weight is 288 g/mol. The Balaban J connectivity index is 4.28. The zero-order valence-electron chi connectivity index (χ0n) is 14.0. The van der Waals surface area contributed by atoms with Crippen LogP contribution in [0.3, 0.4) is 0 Å². The van der Waals surface area contributed by atoms with Gasteiger partial charge in [0, 0.05) is 25.0 Å². The summed E-state index contributed by atoms with van der Waals surface area (Å²) in [4.78, 5) is 4.77. The van der Waals surface area contributed by atoms with Crippen molar-refractivity contribution in [3.63, 3.8) is 0 Å². The number of hydrogen-bond donors (Lipinski definition) is 0. The lowest BCUT2D eigenvalue weighted by atomic mass is 10.1. The molecule has 0 aromatic heterocycles. The molecule has 1 unspecified atom stereocenters. The topological polar surface area (TPSA) is 30.8 Å². The molecule has 0 bridgehead atoms. The zero-order valence-corrected chi connectivity index (χ0v) is 15.0. The lowest BCUT2D eigenvalue weighted by Crippen LogP contribution is -2.39. The lowest BCUT2D eigenvalue weighted by Gasteiger charge is -2.26. The van der Waals surface area contributed by atoms with E-state index in [9.17, 15) is 0 Å². The summed E-state index contributed by atoms with van der Waals surface area (Å²) in [6, 6.07) is 1.39. The molecule has 0 heterocycles. The second kappa shape index (κ2) is 9.67. The molecule has 0 spiro atoms. The molecule has 19 heavy (non-hydrogen) atoms. The molecule has 0 N–H and O–H groups in total. The summed E-state index contributed by atoms with van der Waals surface area (Å²) in [5, 5.41) is 0. The standard InChI is InChI=1S/C15H33NO2Si/c1-8-17-19(7,18-9-2)11-10-14(5)16-15(6)12-13(3)4/h13-14H,8-12H2,1-7H3. The second-order valence-electron chi connectivity index (χ2n) is 5.85. The Kier molecular flexibility index (Phi) is 9.57. The smallest absolute Gasteiger partial charge is 0.334 e. The van der Waals surface area contributed by atoms with Gasteiger partial charge in [-0.2, -0.15) is 0 Å². The van der Waals surface area contributed by atoms with E-state index in [1.165, 1.54) is 5.71 Å². The Bertz CT molecular complexity index is 261. The van der Waals surface area contributed by atoms with Crippen LogP contribution in [0.2, 0.25) is 12.6 Å². The molecule has 0 saturated heterocycles. The van der Waals surface area contributed by atoms with Crippen molar-refractivity contribution in [2.24, 2.45) is 10.9 Å². The molecule has 0 aliphatic heterocycles. The van der Waals surface area contributed by atoms with Crippen molar-refractivity contribution >= 4 is 14.3 Å². The van der Waals surface area contributed by atoms with Crippen molar-refractivity contribution < 1.29 is 8.85 Å². The van der Waals surface area contributed by atoms with Crippen molar-refractivity contribution in [1.29, 1.82) is 0 Å². The molecular formula is C15H33NO2Si. The summed E-state index contributed by atoms with van der Waals surface area (Å²) in [6.45, 7) is 16.5. The molecule has 0 aromatic rings. The fourth-order valence-electron chi connectivity index (χ4n) is 2.35. The summed E-state index contributed by atoms with van der Waals surface area (Å²) in [5.41, 5.74) is 1.26. The van der Waals surface area contributed by atoms with Gasteiger partial charge in [-0.05, 0) is 59.0 Å². The highest BCUT2D eigenvalue weighted by molar-refractivity contribution is 6.66. The third-order valence-electron chi connectivity index (χ3n) is 3.06. The first-order valence-corrected chi connectivity index (χ1v) is 10.2. The van der Waals surface area contributed by atoms with Crippen molar-refractivity contribution in [2.75, 3.05) is 13.2 Å². The quantitative estimate of drug-likeness (QED) is 0.440. The van der Waals surface area contributed by atoms with Gasteiger partial charge < -0.3 is 8.85 Å². The normalized spacial score (nSPS) is 15.1. The summed E-state index contributed by atoms with van der Waals surface area (Å²) < 4.78 is 11.7. The lowest BCUT2D eigenvalue weighted by molar-refractivity contribution is 0.188. The Labute approximate surface area is 121 Å². The summed E-state index contributed by atoms with van der Waals surface area (Å²) in [7, 11) is -1.96. The van der Waals surface area contributed by atoms with Gasteiger partial charge in [-0.25, -0.2) is 0 Å². The predicted molar refractivity (Wildman–Crippen MR) is 86.3 cm³/mol. The highest BCUT2D eigenvalue weighted by atomic mass is 28.4. The zero-order chi connectivity index (χ0) is 14.9. The van der Waals surface area contributed by atoms with Gasteiger partial charge in [0.25, 0.3) is 0 Å². The molecule has 0 rings (SSSR count). The highest BCUT2D eigenvalue weighted by Crippen LogP contribution is 2.18. The molecule has 4 heteroatoms. The van der Waals surface area contributed by atoms with Crippen LogP contribution in [-0.4, -0.2) is 33.5 Å². The van der Waals surface area contributed by atoms with Crippen LogP contribution >= 0.6 is 0 Å². The van der Waals surface area contributed by atoms with E-state index in [1.807, 2.05) is 13.8 Å². The summed E-state index contributed by atoms with van der Waals surface area (Å²) in [6.07, 6.45) is 2.15. The minimum atomic E-state index is -1.96. The molecule has 0 saturated carbocycles. The molecule has 0 aliphatic rings. The Morgan fingerprint density at radius 3 is 2.05 bits per heavy atom. The van der Waals surface area contributed by atoms with Gasteiger partial charge in [-0.15, -0.1) is 0 Å². The average Bonchev–Trinajstić information content (AvgIpc) is 2.26. The Morgan fingerprint density at radius 1 is 1.11 bits per heavy atom. The van der Waals surface area contributed by atoms with E-state index < -0.39 is 8.56 Å². The number of aliphatic imine (C=N–C) groups is 1. The van der Waals surface area contributed by atoms with Crippen LogP contribution in [0.15, 0.2) is 4.99 Å². The van der Waals surface area contributed by atoms with Crippen molar-refractivity contribution in [2.45, 2.75) is 73.0 Å². The number of hydrogen-bond acceptors (Lipinski definition) is 3. The molecule has 0 fully saturated rings. The maximum absolute atomic E-state index is 5.86. The largest absolute Gasteiger partial charge is 0.395 e. The maximum atomic E-state index is 5.86. The minimum Gasteiger partial charge on any atom is -0.395 e. The minimum absolute atomic E-state index is 0.367. The Hall–Kier alpha value is -0.193. The van der Waals surface area contributed by atoms with Crippen LogP contribution in [-0.2, 0) is 8.85 Å². The van der Waals surface area contributed by atoms with Crippen molar-refractivity contribution in [3.8, 4) is 0 Å². The summed E-state index contributed by atoms with van der Waals surface area (Å²) >= 11 is 0. The van der Waals surface area contributed by atoms with Crippen LogP contribution in [0.25, 0.3) is 0 Å². The first-order valence-electron chi connectivity index (χ1n) is 7.64. The van der Waals surface area contributed by atoms with Gasteiger partial charge in [-0.1, -0.05) is 13.8 Å². The van der Waals surface area contributed by atoms with E-state index in [0.717, 1.165) is 32.1 Å². The van der Waals surface area contributed by atoms with E-state index >= 15 is 0 Å². The molecule has 0 amide bonds. The second-order valence-corrected chi connectivity index (χ2v) is 9.19. The molecule has 0 radical (unpaired) electrons. The molecular weight excluding hydrogens is 254 g/mol. The van der Waals surface area contributed by atoms with Crippen LogP contribution < -0.4 is 0 Å². The van der Waals surface area contributed by atoms with Gasteiger partial charge in [0.1, 0.15) is 0 Å². The van der Waals surface area contributed by atoms with Gasteiger partial charge >= 0.3 is 8.56 Å². The molecule has 114 valence electrons. The first kappa shape index (κ1) is 18.8. The molecule has 1 atom stereocenters. The summed E-state index contributed by atoms with van der Waals surface area (Å²) in [5.74, 6) is 0.683. The Morgan fingerprint density at radius 2 is 1.63 bits per heavy atom. The van der Waals surface area contributed by atoms with Gasteiger partial charge in [0.15, 0.2) is 0 Å².